The number of methoxy groups -OCH3 is 1. The summed E-state index contributed by atoms with van der Waals surface area (Å²) in [5.74, 6) is -2.63. The highest BCUT2D eigenvalue weighted by Gasteiger charge is 2.58. The highest BCUT2D eigenvalue weighted by molar-refractivity contribution is 5.90. The van der Waals surface area contributed by atoms with Gasteiger partial charge >= 0.3 is 11.9 Å². The fourth-order valence-electron chi connectivity index (χ4n) is 6.10. The normalized spacial score (nSPS) is 32.5. The van der Waals surface area contributed by atoms with Crippen LogP contribution in [0.15, 0.2) is 30.4 Å². The number of H-pyrrole nitrogens is 1. The number of aromatic nitrogens is 1. The molecule has 1 fully saturated rings. The van der Waals surface area contributed by atoms with Crippen LogP contribution in [0.2, 0.25) is 0 Å². The Bertz CT molecular complexity index is 1310. The minimum atomic E-state index is -1.67. The number of nitrogens with one attached hydrogen (secondary N) is 1. The largest absolute Gasteiger partial charge is 0.481 e. The third kappa shape index (κ3) is 5.92. The van der Waals surface area contributed by atoms with Crippen molar-refractivity contribution in [1.82, 2.24) is 4.98 Å². The molecule has 8 atom stereocenters. The molecule has 8 unspecified atom stereocenters. The van der Waals surface area contributed by atoms with Crippen molar-refractivity contribution in [2.24, 2.45) is 11.8 Å². The van der Waals surface area contributed by atoms with E-state index in [-0.39, 0.29) is 30.9 Å². The molecule has 42 heavy (non-hydrogen) atoms. The molecule has 1 aromatic heterocycles. The maximum Gasteiger partial charge on any atom is 0.333 e. The Hall–Kier alpha value is -3.00. The molecule has 232 valence electrons. The standard InChI is InChI=1S/C30H41NO11/c1-5-17-19(12-24(34)35)18(28(38)39-4)8-9-21(17)40-29-26(36)27(37)30(23(14-33)41-29)13-16-11-20(15(2)3)31-25(16)22(42-30)7-6-10-32/h5,8,11,13,15,17,19,21,23,26-27,29,31-33,36-37H,1,6-7,9-10,12,14H2,2-4H3,(H,34,35). The van der Waals surface area contributed by atoms with E-state index in [0.717, 1.165) is 5.69 Å². The lowest BCUT2D eigenvalue weighted by Gasteiger charge is -2.51. The number of carboxylic acid groups (broad SMARTS) is 1. The van der Waals surface area contributed by atoms with E-state index in [2.05, 4.69) is 11.6 Å². The molecule has 1 aromatic rings. The Morgan fingerprint density at radius 2 is 2.02 bits per heavy atom. The van der Waals surface area contributed by atoms with E-state index in [9.17, 15) is 35.1 Å². The smallest absolute Gasteiger partial charge is 0.333 e. The van der Waals surface area contributed by atoms with Gasteiger partial charge in [0.15, 0.2) is 11.9 Å². The van der Waals surface area contributed by atoms with Crippen LogP contribution in [0.5, 0.6) is 0 Å². The summed E-state index contributed by atoms with van der Waals surface area (Å²) in [7, 11) is 1.21. The first-order chi connectivity index (χ1) is 20.0. The van der Waals surface area contributed by atoms with Crippen LogP contribution in [0, 0.1) is 11.8 Å². The van der Waals surface area contributed by atoms with Crippen LogP contribution in [0.1, 0.15) is 51.1 Å². The minimum Gasteiger partial charge on any atom is -0.481 e. The minimum absolute atomic E-state index is 0.0848. The molecule has 1 saturated heterocycles. The van der Waals surface area contributed by atoms with Crippen molar-refractivity contribution >= 4 is 23.8 Å². The summed E-state index contributed by atoms with van der Waals surface area (Å²) in [6.07, 6.45) is -1.45. The lowest BCUT2D eigenvalue weighted by atomic mass is 9.74. The van der Waals surface area contributed by atoms with Crippen LogP contribution >= 0.6 is 0 Å². The second-order valence-corrected chi connectivity index (χ2v) is 11.2. The number of aliphatic carboxylic acids is 1. The molecule has 6 N–H and O–H groups in total. The predicted octanol–water partition coefficient (Wildman–Crippen LogP) is -0.211. The summed E-state index contributed by atoms with van der Waals surface area (Å²) in [5, 5.41) is 53.7. The molecule has 2 aliphatic heterocycles. The SMILES string of the molecule is C=CC1C(OC2OC(CO)C3(C=c4cc(C(C)C)[nH]c4=C(CCCO)O3)C(O)C2O)CC=C(C(=O)OC)C1CC(=O)O. The highest BCUT2D eigenvalue weighted by atomic mass is 16.7. The van der Waals surface area contributed by atoms with Gasteiger partial charge in [0.2, 0.25) is 0 Å². The summed E-state index contributed by atoms with van der Waals surface area (Å²) in [6, 6.07) is 1.92. The molecule has 12 heteroatoms. The molecule has 0 saturated carbocycles. The number of hydrogen-bond acceptors (Lipinski definition) is 10. The van der Waals surface area contributed by atoms with Crippen molar-refractivity contribution in [3.8, 4) is 0 Å². The maximum atomic E-state index is 12.4. The van der Waals surface area contributed by atoms with E-state index >= 15 is 0 Å². The summed E-state index contributed by atoms with van der Waals surface area (Å²) < 4.78 is 23.4. The summed E-state index contributed by atoms with van der Waals surface area (Å²) >= 11 is 0. The predicted molar refractivity (Wildman–Crippen MR) is 149 cm³/mol. The molecule has 0 radical (unpaired) electrons. The van der Waals surface area contributed by atoms with Crippen LogP contribution in [0.25, 0.3) is 11.8 Å². The van der Waals surface area contributed by atoms with Gasteiger partial charge in [-0.1, -0.05) is 26.0 Å². The average Bonchev–Trinajstić information content (AvgIpc) is 3.40. The van der Waals surface area contributed by atoms with Crippen molar-refractivity contribution < 1.29 is 54.1 Å². The number of carbonyl (C=O) groups excluding carboxylic acids is 1. The number of aliphatic hydroxyl groups is 4. The van der Waals surface area contributed by atoms with Crippen molar-refractivity contribution in [2.45, 2.75) is 81.8 Å². The van der Waals surface area contributed by atoms with E-state index in [1.807, 2.05) is 19.9 Å². The number of fused-ring (bicyclic) bond motifs is 1. The molecule has 0 bridgehead atoms. The van der Waals surface area contributed by atoms with Crippen molar-refractivity contribution in [3.63, 3.8) is 0 Å². The summed E-state index contributed by atoms with van der Waals surface area (Å²) in [5.41, 5.74) is -0.549. The molecule has 3 heterocycles. The van der Waals surface area contributed by atoms with Gasteiger partial charge in [-0.3, -0.25) is 4.79 Å². The number of esters is 1. The van der Waals surface area contributed by atoms with Gasteiger partial charge in [0.25, 0.3) is 0 Å². The highest BCUT2D eigenvalue weighted by Crippen LogP contribution is 2.42. The fourth-order valence-corrected chi connectivity index (χ4v) is 6.10. The van der Waals surface area contributed by atoms with Gasteiger partial charge < -0.3 is 49.5 Å². The van der Waals surface area contributed by atoms with Crippen LogP contribution in [-0.2, 0) is 28.5 Å². The Balaban J connectivity index is 1.66. The topological polar surface area (TPSA) is 188 Å². The van der Waals surface area contributed by atoms with Gasteiger partial charge in [0.1, 0.15) is 24.1 Å². The first kappa shape index (κ1) is 31.9. The van der Waals surface area contributed by atoms with Crippen molar-refractivity contribution in [3.05, 3.63) is 46.6 Å². The summed E-state index contributed by atoms with van der Waals surface area (Å²) in [6.45, 7) is 7.18. The zero-order chi connectivity index (χ0) is 30.8. The number of rotatable bonds is 11. The van der Waals surface area contributed by atoms with Gasteiger partial charge in [-0.2, -0.15) is 0 Å². The lowest BCUT2D eigenvalue weighted by molar-refractivity contribution is -0.328. The molecular formula is C30H41NO11. The van der Waals surface area contributed by atoms with Crippen molar-refractivity contribution in [2.75, 3.05) is 20.3 Å². The number of carboxylic acids is 1. The zero-order valence-electron chi connectivity index (χ0n) is 24.1. The third-order valence-corrected chi connectivity index (χ3v) is 8.31. The quantitative estimate of drug-likeness (QED) is 0.148. The third-order valence-electron chi connectivity index (χ3n) is 8.31. The lowest BCUT2D eigenvalue weighted by Crippen LogP contribution is -2.69. The average molecular weight is 592 g/mol. The molecule has 4 rings (SSSR count). The van der Waals surface area contributed by atoms with E-state index in [0.29, 0.717) is 29.2 Å². The number of hydrogen-bond donors (Lipinski definition) is 6. The Labute approximate surface area is 243 Å². The number of carbonyl (C=O) groups is 2. The van der Waals surface area contributed by atoms with Gasteiger partial charge in [0.05, 0.1) is 31.6 Å². The second kappa shape index (κ2) is 13.1. The second-order valence-electron chi connectivity index (χ2n) is 11.2. The number of aromatic amines is 1. The van der Waals surface area contributed by atoms with E-state index in [1.54, 1.807) is 12.2 Å². The van der Waals surface area contributed by atoms with Crippen LogP contribution in [0.4, 0.5) is 0 Å². The van der Waals surface area contributed by atoms with Gasteiger partial charge in [-0.15, -0.1) is 6.58 Å². The molecule has 12 nitrogen and oxygen atoms in total. The molecule has 0 amide bonds. The molecular weight excluding hydrogens is 550 g/mol. The monoisotopic (exact) mass is 591 g/mol. The van der Waals surface area contributed by atoms with Crippen LogP contribution in [0.3, 0.4) is 0 Å². The first-order valence-corrected chi connectivity index (χ1v) is 14.2. The number of aliphatic hydroxyl groups excluding tert-OH is 4. The molecule has 1 aliphatic carbocycles. The van der Waals surface area contributed by atoms with Gasteiger partial charge in [0, 0.05) is 41.3 Å². The van der Waals surface area contributed by atoms with E-state index < -0.39 is 66.7 Å². The number of ether oxygens (including phenoxy) is 4. The van der Waals surface area contributed by atoms with Crippen LogP contribution < -0.4 is 10.6 Å². The van der Waals surface area contributed by atoms with Gasteiger partial charge in [-0.05, 0) is 30.9 Å². The fraction of sp³-hybridized carbons (Fsp3) is 0.600. The summed E-state index contributed by atoms with van der Waals surface area (Å²) in [4.78, 5) is 27.3. The van der Waals surface area contributed by atoms with Crippen LogP contribution in [-0.4, -0.2) is 99.1 Å². The zero-order valence-corrected chi connectivity index (χ0v) is 24.1. The van der Waals surface area contributed by atoms with E-state index in [1.165, 1.54) is 13.2 Å². The van der Waals surface area contributed by atoms with Crippen molar-refractivity contribution in [1.29, 1.82) is 0 Å². The Morgan fingerprint density at radius 1 is 1.29 bits per heavy atom. The van der Waals surface area contributed by atoms with Gasteiger partial charge in [-0.25, -0.2) is 4.79 Å². The maximum absolute atomic E-state index is 12.4. The molecule has 3 aliphatic rings. The van der Waals surface area contributed by atoms with E-state index in [4.69, 9.17) is 18.9 Å². The Kier molecular flexibility index (Phi) is 9.96. The first-order valence-electron chi connectivity index (χ1n) is 14.2. The molecule has 0 aromatic carbocycles. The Morgan fingerprint density at radius 3 is 2.62 bits per heavy atom. The molecule has 1 spiro atoms.